The molecule has 0 aliphatic heterocycles. The van der Waals surface area contributed by atoms with E-state index in [1.807, 2.05) is 0 Å². The molecule has 1 aliphatic carbocycles. The van der Waals surface area contributed by atoms with Crippen LogP contribution in [0.3, 0.4) is 0 Å². The van der Waals surface area contributed by atoms with E-state index >= 15 is 0 Å². The van der Waals surface area contributed by atoms with E-state index in [-0.39, 0.29) is 30.1 Å². The lowest BCUT2D eigenvalue weighted by Crippen LogP contribution is -2.46. The van der Waals surface area contributed by atoms with Gasteiger partial charge in [-0.25, -0.2) is 4.39 Å². The number of nitrogens with zero attached hydrogens (tertiary/aromatic N) is 1. The third kappa shape index (κ3) is 5.65. The molecule has 178 valence electrons. The standard InChI is InChI=1S/C27H29FN2O4/c1-33-23-15-11-20(12-16-23)25(26(31)29-22-6-3-2-4-7-22)30(27(32)24-8-5-17-34-24)18-19-9-13-21(28)14-10-19/h5,8-17,22,25H,2-4,6-7,18H2,1H3,(H,29,31)/t25-/m1/s1. The molecule has 1 N–H and O–H groups in total. The van der Waals surface area contributed by atoms with Gasteiger partial charge in [-0.2, -0.15) is 0 Å². The van der Waals surface area contributed by atoms with Crippen molar-refractivity contribution >= 4 is 11.8 Å². The molecule has 2 amide bonds. The fourth-order valence-electron chi connectivity index (χ4n) is 4.39. The Hall–Kier alpha value is -3.61. The van der Waals surface area contributed by atoms with E-state index in [9.17, 15) is 14.0 Å². The van der Waals surface area contributed by atoms with Crippen LogP contribution < -0.4 is 10.1 Å². The van der Waals surface area contributed by atoms with Crippen molar-refractivity contribution in [2.75, 3.05) is 7.11 Å². The molecule has 4 rings (SSSR count). The molecule has 1 aliphatic rings. The maximum atomic E-state index is 13.7. The number of carbonyl (C=O) groups is 2. The lowest BCUT2D eigenvalue weighted by atomic mass is 9.94. The number of hydrogen-bond acceptors (Lipinski definition) is 4. The number of rotatable bonds is 8. The second-order valence-electron chi connectivity index (χ2n) is 8.56. The molecule has 1 heterocycles. The molecule has 0 saturated heterocycles. The number of amides is 2. The molecule has 6 nitrogen and oxygen atoms in total. The van der Waals surface area contributed by atoms with Gasteiger partial charge in [-0.05, 0) is 60.4 Å². The smallest absolute Gasteiger partial charge is 0.290 e. The second-order valence-corrected chi connectivity index (χ2v) is 8.56. The molecular formula is C27H29FN2O4. The Kier molecular flexibility index (Phi) is 7.62. The third-order valence-electron chi connectivity index (χ3n) is 6.20. The summed E-state index contributed by atoms with van der Waals surface area (Å²) in [6.45, 7) is 0.106. The highest BCUT2D eigenvalue weighted by molar-refractivity contribution is 5.96. The van der Waals surface area contributed by atoms with Gasteiger partial charge in [-0.1, -0.05) is 43.5 Å². The maximum absolute atomic E-state index is 13.7. The topological polar surface area (TPSA) is 71.8 Å². The van der Waals surface area contributed by atoms with Gasteiger partial charge >= 0.3 is 0 Å². The first kappa shape index (κ1) is 23.5. The van der Waals surface area contributed by atoms with E-state index in [1.54, 1.807) is 55.6 Å². The van der Waals surface area contributed by atoms with Gasteiger partial charge < -0.3 is 19.4 Å². The lowest BCUT2D eigenvalue weighted by Gasteiger charge is -2.33. The van der Waals surface area contributed by atoms with Gasteiger partial charge in [0, 0.05) is 12.6 Å². The van der Waals surface area contributed by atoms with Gasteiger partial charge in [-0.3, -0.25) is 9.59 Å². The lowest BCUT2D eigenvalue weighted by molar-refractivity contribution is -0.127. The summed E-state index contributed by atoms with van der Waals surface area (Å²) in [6.07, 6.45) is 6.58. The van der Waals surface area contributed by atoms with Crippen LogP contribution in [0.2, 0.25) is 0 Å². The van der Waals surface area contributed by atoms with Gasteiger partial charge in [0.2, 0.25) is 5.91 Å². The largest absolute Gasteiger partial charge is 0.497 e. The van der Waals surface area contributed by atoms with Crippen LogP contribution in [0.25, 0.3) is 0 Å². The number of furan rings is 1. The van der Waals surface area contributed by atoms with E-state index in [0.717, 1.165) is 25.7 Å². The number of benzene rings is 2. The van der Waals surface area contributed by atoms with Crippen molar-refractivity contribution < 1.29 is 23.1 Å². The Morgan fingerprint density at radius 2 is 1.76 bits per heavy atom. The molecule has 0 unspecified atom stereocenters. The van der Waals surface area contributed by atoms with Crippen LogP contribution in [-0.4, -0.2) is 29.9 Å². The molecular weight excluding hydrogens is 435 g/mol. The molecule has 1 aromatic heterocycles. The minimum Gasteiger partial charge on any atom is -0.497 e. The van der Waals surface area contributed by atoms with Crippen molar-refractivity contribution in [1.82, 2.24) is 10.2 Å². The van der Waals surface area contributed by atoms with E-state index in [4.69, 9.17) is 9.15 Å². The highest BCUT2D eigenvalue weighted by Gasteiger charge is 2.34. The van der Waals surface area contributed by atoms with Gasteiger partial charge in [0.05, 0.1) is 13.4 Å². The first-order valence-corrected chi connectivity index (χ1v) is 11.6. The fourth-order valence-corrected chi connectivity index (χ4v) is 4.39. The predicted molar refractivity (Wildman–Crippen MR) is 126 cm³/mol. The molecule has 34 heavy (non-hydrogen) atoms. The molecule has 0 spiro atoms. The van der Waals surface area contributed by atoms with Gasteiger partial charge in [0.25, 0.3) is 5.91 Å². The third-order valence-corrected chi connectivity index (χ3v) is 6.20. The second kappa shape index (κ2) is 11.0. The highest BCUT2D eigenvalue weighted by Crippen LogP contribution is 2.29. The van der Waals surface area contributed by atoms with Crippen molar-refractivity contribution in [2.45, 2.75) is 50.7 Å². The number of halogens is 1. The summed E-state index contributed by atoms with van der Waals surface area (Å²) in [5.74, 6) is -0.258. The molecule has 1 saturated carbocycles. The Bertz CT molecular complexity index is 1070. The Morgan fingerprint density at radius 1 is 1.06 bits per heavy atom. The SMILES string of the molecule is COc1ccc([C@H](C(=O)NC2CCCCC2)N(Cc2ccc(F)cc2)C(=O)c2ccco2)cc1. The Balaban J connectivity index is 1.72. The predicted octanol–water partition coefficient (Wildman–Crippen LogP) is 5.26. The van der Waals surface area contributed by atoms with Crippen LogP contribution in [-0.2, 0) is 11.3 Å². The normalized spacial score (nSPS) is 14.9. The zero-order chi connectivity index (χ0) is 23.9. The van der Waals surface area contributed by atoms with Gasteiger partial charge in [0.1, 0.15) is 17.6 Å². The summed E-state index contributed by atoms with van der Waals surface area (Å²) in [5, 5.41) is 3.17. The van der Waals surface area contributed by atoms with Crippen molar-refractivity contribution in [3.63, 3.8) is 0 Å². The van der Waals surface area contributed by atoms with Gasteiger partial charge in [-0.15, -0.1) is 0 Å². The van der Waals surface area contributed by atoms with Crippen molar-refractivity contribution in [1.29, 1.82) is 0 Å². The van der Waals surface area contributed by atoms with Crippen LogP contribution in [0.15, 0.2) is 71.3 Å². The minimum absolute atomic E-state index is 0.0772. The Morgan fingerprint density at radius 3 is 2.38 bits per heavy atom. The zero-order valence-corrected chi connectivity index (χ0v) is 19.2. The average molecular weight is 465 g/mol. The number of methoxy groups -OCH3 is 1. The fraction of sp³-hybridized carbons (Fsp3) is 0.333. The van der Waals surface area contributed by atoms with Crippen LogP contribution in [0.5, 0.6) is 5.75 Å². The first-order chi connectivity index (χ1) is 16.5. The zero-order valence-electron chi connectivity index (χ0n) is 19.2. The quantitative estimate of drug-likeness (QED) is 0.494. The summed E-state index contributed by atoms with van der Waals surface area (Å²) in [6, 6.07) is 15.4. The van der Waals surface area contributed by atoms with E-state index in [0.29, 0.717) is 16.9 Å². The van der Waals surface area contributed by atoms with Crippen LogP contribution >= 0.6 is 0 Å². The molecule has 0 bridgehead atoms. The van der Waals surface area contributed by atoms with E-state index < -0.39 is 11.9 Å². The monoisotopic (exact) mass is 464 g/mol. The number of ether oxygens (including phenoxy) is 1. The molecule has 1 fully saturated rings. The molecule has 1 atom stereocenters. The van der Waals surface area contributed by atoms with E-state index in [2.05, 4.69) is 5.32 Å². The molecule has 0 radical (unpaired) electrons. The molecule has 7 heteroatoms. The maximum Gasteiger partial charge on any atom is 0.290 e. The van der Waals surface area contributed by atoms with Crippen molar-refractivity contribution in [3.05, 3.63) is 89.6 Å². The molecule has 2 aromatic carbocycles. The number of nitrogens with one attached hydrogen (secondary N) is 1. The van der Waals surface area contributed by atoms with Crippen molar-refractivity contribution in [3.8, 4) is 5.75 Å². The molecule has 3 aromatic rings. The summed E-state index contributed by atoms with van der Waals surface area (Å²) < 4.78 is 24.2. The number of carbonyl (C=O) groups excluding carboxylic acids is 2. The van der Waals surface area contributed by atoms with Crippen LogP contribution in [0.4, 0.5) is 4.39 Å². The Labute approximate surface area is 198 Å². The summed E-state index contributed by atoms with van der Waals surface area (Å²) in [4.78, 5) is 28.7. The van der Waals surface area contributed by atoms with Gasteiger partial charge in [0.15, 0.2) is 5.76 Å². The van der Waals surface area contributed by atoms with Crippen molar-refractivity contribution in [2.24, 2.45) is 0 Å². The van der Waals surface area contributed by atoms with E-state index in [1.165, 1.54) is 29.7 Å². The van der Waals surface area contributed by atoms with Crippen LogP contribution in [0.1, 0.15) is 59.8 Å². The number of hydrogen-bond donors (Lipinski definition) is 1. The van der Waals surface area contributed by atoms with Crippen LogP contribution in [0, 0.1) is 5.82 Å². The minimum atomic E-state index is -0.907. The average Bonchev–Trinajstić information content (AvgIpc) is 3.41. The summed E-state index contributed by atoms with van der Waals surface area (Å²) >= 11 is 0. The summed E-state index contributed by atoms with van der Waals surface area (Å²) in [5.41, 5.74) is 1.35. The summed E-state index contributed by atoms with van der Waals surface area (Å²) in [7, 11) is 1.57. The first-order valence-electron chi connectivity index (χ1n) is 11.6. The highest BCUT2D eigenvalue weighted by atomic mass is 19.1.